The van der Waals surface area contributed by atoms with E-state index in [9.17, 15) is 8.78 Å². The van der Waals surface area contributed by atoms with Crippen molar-refractivity contribution in [1.29, 1.82) is 0 Å². The number of halogens is 2. The molecular formula is C13H17F2N. The molecule has 3 heteroatoms. The minimum atomic E-state index is -0.519. The molecule has 0 saturated heterocycles. The molecule has 0 fully saturated rings. The first-order chi connectivity index (χ1) is 7.56. The summed E-state index contributed by atoms with van der Waals surface area (Å²) >= 11 is 0. The molecule has 0 radical (unpaired) electrons. The van der Waals surface area contributed by atoms with Crippen LogP contribution in [0.2, 0.25) is 0 Å². The first kappa shape index (κ1) is 12.8. The summed E-state index contributed by atoms with van der Waals surface area (Å²) in [6.45, 7) is 4.63. The molecule has 0 heterocycles. The lowest BCUT2D eigenvalue weighted by Gasteiger charge is -2.11. The second-order valence-electron chi connectivity index (χ2n) is 4.04. The normalized spacial score (nSPS) is 12.2. The van der Waals surface area contributed by atoms with E-state index in [2.05, 4.69) is 5.32 Å². The molecular weight excluding hydrogens is 208 g/mol. The fraction of sp³-hybridized carbons (Fsp3) is 0.385. The maximum Gasteiger partial charge on any atom is 0.133 e. The van der Waals surface area contributed by atoms with Crippen molar-refractivity contribution in [2.45, 2.75) is 13.8 Å². The van der Waals surface area contributed by atoms with Crippen LogP contribution in [-0.2, 0) is 0 Å². The second kappa shape index (κ2) is 5.75. The number of rotatable bonds is 4. The smallest absolute Gasteiger partial charge is 0.133 e. The van der Waals surface area contributed by atoms with E-state index in [1.54, 1.807) is 6.08 Å². The zero-order chi connectivity index (χ0) is 12.1. The second-order valence-corrected chi connectivity index (χ2v) is 4.04. The van der Waals surface area contributed by atoms with E-state index in [0.29, 0.717) is 6.54 Å². The fourth-order valence-corrected chi connectivity index (χ4v) is 1.46. The van der Waals surface area contributed by atoms with E-state index in [4.69, 9.17) is 0 Å². The van der Waals surface area contributed by atoms with Crippen molar-refractivity contribution in [3.05, 3.63) is 41.0 Å². The predicted molar refractivity (Wildman–Crippen MR) is 63.1 cm³/mol. The van der Waals surface area contributed by atoms with Crippen LogP contribution in [0, 0.1) is 17.6 Å². The highest BCUT2D eigenvalue weighted by atomic mass is 19.1. The predicted octanol–water partition coefficient (Wildman–Crippen LogP) is 3.22. The van der Waals surface area contributed by atoms with Gasteiger partial charge in [0.15, 0.2) is 0 Å². The molecule has 0 aliphatic heterocycles. The maximum absolute atomic E-state index is 13.4. The van der Waals surface area contributed by atoms with Gasteiger partial charge in [-0.2, -0.15) is 0 Å². The average molecular weight is 225 g/mol. The lowest BCUT2D eigenvalue weighted by atomic mass is 10.00. The number of nitrogens with one attached hydrogen (secondary N) is 1. The van der Waals surface area contributed by atoms with Crippen LogP contribution in [-0.4, -0.2) is 13.6 Å². The Morgan fingerprint density at radius 2 is 1.88 bits per heavy atom. The molecule has 0 aromatic heterocycles. The Balaban J connectivity index is 3.12. The molecule has 16 heavy (non-hydrogen) atoms. The molecule has 1 rings (SSSR count). The van der Waals surface area contributed by atoms with Gasteiger partial charge in [-0.25, -0.2) is 8.78 Å². The van der Waals surface area contributed by atoms with Crippen LogP contribution in [0.1, 0.15) is 19.4 Å². The maximum atomic E-state index is 13.4. The molecule has 0 aliphatic carbocycles. The Kier molecular flexibility index (Phi) is 4.62. The molecule has 1 nitrogen and oxygen atoms in total. The van der Waals surface area contributed by atoms with Crippen LogP contribution >= 0.6 is 0 Å². The number of hydrogen-bond donors (Lipinski definition) is 1. The topological polar surface area (TPSA) is 12.0 Å². The Labute approximate surface area is 95.2 Å². The summed E-state index contributed by atoms with van der Waals surface area (Å²) < 4.78 is 26.8. The Morgan fingerprint density at radius 1 is 1.31 bits per heavy atom. The molecule has 0 unspecified atom stereocenters. The SMILES string of the molecule is CNCC(=Cc1c(F)cccc1F)C(C)C. The first-order valence-corrected chi connectivity index (χ1v) is 5.35. The zero-order valence-electron chi connectivity index (χ0n) is 9.85. The molecule has 0 spiro atoms. The third-order valence-electron chi connectivity index (χ3n) is 2.45. The molecule has 0 amide bonds. The number of benzene rings is 1. The summed E-state index contributed by atoms with van der Waals surface area (Å²) in [5, 5.41) is 3.00. The minimum absolute atomic E-state index is 0.0430. The molecule has 0 saturated carbocycles. The van der Waals surface area contributed by atoms with Crippen molar-refractivity contribution in [2.24, 2.45) is 5.92 Å². The molecule has 0 atom stereocenters. The van der Waals surface area contributed by atoms with Gasteiger partial charge in [0, 0.05) is 12.1 Å². The van der Waals surface area contributed by atoms with E-state index in [1.165, 1.54) is 18.2 Å². The van der Waals surface area contributed by atoms with Gasteiger partial charge < -0.3 is 5.32 Å². The lowest BCUT2D eigenvalue weighted by molar-refractivity contribution is 0.577. The van der Waals surface area contributed by atoms with Gasteiger partial charge >= 0.3 is 0 Å². The van der Waals surface area contributed by atoms with Crippen LogP contribution in [0.4, 0.5) is 8.78 Å². The van der Waals surface area contributed by atoms with E-state index in [0.717, 1.165) is 5.57 Å². The highest BCUT2D eigenvalue weighted by Gasteiger charge is 2.09. The Bertz CT molecular complexity index is 363. The van der Waals surface area contributed by atoms with E-state index >= 15 is 0 Å². The van der Waals surface area contributed by atoms with Crippen molar-refractivity contribution in [2.75, 3.05) is 13.6 Å². The van der Waals surface area contributed by atoms with Gasteiger partial charge in [-0.15, -0.1) is 0 Å². The van der Waals surface area contributed by atoms with Gasteiger partial charge in [0.2, 0.25) is 0 Å². The van der Waals surface area contributed by atoms with Gasteiger partial charge in [0.1, 0.15) is 11.6 Å². The average Bonchev–Trinajstić information content (AvgIpc) is 2.21. The highest BCUT2D eigenvalue weighted by molar-refractivity contribution is 5.55. The van der Waals surface area contributed by atoms with Crippen molar-refractivity contribution < 1.29 is 8.78 Å². The van der Waals surface area contributed by atoms with Gasteiger partial charge in [0.25, 0.3) is 0 Å². The summed E-state index contributed by atoms with van der Waals surface area (Å²) in [7, 11) is 1.81. The number of hydrogen-bond acceptors (Lipinski definition) is 1. The van der Waals surface area contributed by atoms with E-state index in [-0.39, 0.29) is 11.5 Å². The molecule has 1 aromatic rings. The van der Waals surface area contributed by atoms with Gasteiger partial charge in [-0.1, -0.05) is 25.5 Å². The fourth-order valence-electron chi connectivity index (χ4n) is 1.46. The van der Waals surface area contributed by atoms with Crippen molar-refractivity contribution in [3.63, 3.8) is 0 Å². The van der Waals surface area contributed by atoms with E-state index in [1.807, 2.05) is 20.9 Å². The lowest BCUT2D eigenvalue weighted by Crippen LogP contribution is -2.14. The van der Waals surface area contributed by atoms with Crippen molar-refractivity contribution >= 4 is 6.08 Å². The zero-order valence-corrected chi connectivity index (χ0v) is 9.85. The standard InChI is InChI=1S/C13H17F2N/c1-9(2)10(8-16-3)7-11-12(14)5-4-6-13(11)15/h4-7,9,16H,8H2,1-3H3. The highest BCUT2D eigenvalue weighted by Crippen LogP contribution is 2.19. The third kappa shape index (κ3) is 3.14. The Morgan fingerprint density at radius 3 is 2.31 bits per heavy atom. The van der Waals surface area contributed by atoms with Crippen molar-refractivity contribution in [3.8, 4) is 0 Å². The summed E-state index contributed by atoms with van der Waals surface area (Å²) in [6, 6.07) is 3.91. The summed E-state index contributed by atoms with van der Waals surface area (Å²) in [5.74, 6) is -0.782. The van der Waals surface area contributed by atoms with Crippen LogP contribution in [0.5, 0.6) is 0 Å². The molecule has 0 bridgehead atoms. The molecule has 1 N–H and O–H groups in total. The van der Waals surface area contributed by atoms with Crippen LogP contribution < -0.4 is 5.32 Å². The summed E-state index contributed by atoms with van der Waals surface area (Å²) in [5.41, 5.74) is 1.02. The largest absolute Gasteiger partial charge is 0.316 e. The van der Waals surface area contributed by atoms with Crippen LogP contribution in [0.25, 0.3) is 6.08 Å². The molecule has 1 aromatic carbocycles. The monoisotopic (exact) mass is 225 g/mol. The van der Waals surface area contributed by atoms with Gasteiger partial charge in [0.05, 0.1) is 0 Å². The Hall–Kier alpha value is -1.22. The first-order valence-electron chi connectivity index (χ1n) is 5.35. The van der Waals surface area contributed by atoms with Gasteiger partial charge in [-0.05, 0) is 31.2 Å². The minimum Gasteiger partial charge on any atom is -0.316 e. The third-order valence-corrected chi connectivity index (χ3v) is 2.45. The number of likely N-dealkylation sites (N-methyl/N-ethyl adjacent to an activating group) is 1. The van der Waals surface area contributed by atoms with Crippen molar-refractivity contribution in [1.82, 2.24) is 5.32 Å². The quantitative estimate of drug-likeness (QED) is 0.829. The summed E-state index contributed by atoms with van der Waals surface area (Å²) in [4.78, 5) is 0. The van der Waals surface area contributed by atoms with Crippen LogP contribution in [0.3, 0.4) is 0 Å². The van der Waals surface area contributed by atoms with E-state index < -0.39 is 11.6 Å². The molecule has 0 aliphatic rings. The van der Waals surface area contributed by atoms with Gasteiger partial charge in [-0.3, -0.25) is 0 Å². The molecule has 88 valence electrons. The summed E-state index contributed by atoms with van der Waals surface area (Å²) in [6.07, 6.45) is 1.59. The van der Waals surface area contributed by atoms with Crippen LogP contribution in [0.15, 0.2) is 23.8 Å².